The molecule has 2 aromatic carbocycles. The third-order valence-corrected chi connectivity index (χ3v) is 4.14. The summed E-state index contributed by atoms with van der Waals surface area (Å²) in [5.41, 5.74) is 2.19. The molecule has 0 aliphatic carbocycles. The van der Waals surface area contributed by atoms with Crippen LogP contribution >= 0.6 is 0 Å². The van der Waals surface area contributed by atoms with Gasteiger partial charge in [-0.05, 0) is 38.5 Å². The van der Waals surface area contributed by atoms with Gasteiger partial charge in [-0.15, -0.1) is 0 Å². The summed E-state index contributed by atoms with van der Waals surface area (Å²) in [5, 5.41) is 2.84. The number of aryl methyl sites for hydroxylation is 1. The maximum atomic E-state index is 12.8. The number of benzene rings is 2. The number of rotatable bonds is 4. The number of hydrogen-bond donors (Lipinski definition) is 1. The fourth-order valence-corrected chi connectivity index (χ4v) is 2.87. The van der Waals surface area contributed by atoms with E-state index < -0.39 is 5.66 Å². The molecule has 1 aliphatic rings. The van der Waals surface area contributed by atoms with Crippen LogP contribution in [0, 0.1) is 6.92 Å². The molecule has 0 atom stereocenters. The molecule has 0 unspecified atom stereocenters. The largest absolute Gasteiger partial charge is 0.325 e. The first-order chi connectivity index (χ1) is 11.9. The van der Waals surface area contributed by atoms with Crippen LogP contribution in [0.1, 0.15) is 25.0 Å². The molecule has 1 N–H and O–H groups in total. The van der Waals surface area contributed by atoms with E-state index in [1.54, 1.807) is 0 Å². The van der Waals surface area contributed by atoms with E-state index in [4.69, 9.17) is 0 Å². The highest BCUT2D eigenvalue weighted by atomic mass is 16.2. The van der Waals surface area contributed by atoms with E-state index in [0.29, 0.717) is 5.71 Å². The molecule has 5 nitrogen and oxygen atoms in total. The number of nitrogens with one attached hydrogen (secondary N) is 1. The summed E-state index contributed by atoms with van der Waals surface area (Å²) in [5.74, 6) is -0.466. The molecule has 0 spiro atoms. The number of carbonyl (C=O) groups is 2. The van der Waals surface area contributed by atoms with Crippen molar-refractivity contribution in [2.24, 2.45) is 4.99 Å². The van der Waals surface area contributed by atoms with Gasteiger partial charge in [0, 0.05) is 11.3 Å². The van der Waals surface area contributed by atoms with E-state index in [1.165, 1.54) is 4.90 Å². The van der Waals surface area contributed by atoms with Crippen LogP contribution in [0.15, 0.2) is 59.6 Å². The molecular formula is C20H21N3O2. The van der Waals surface area contributed by atoms with Crippen molar-refractivity contribution in [1.29, 1.82) is 0 Å². The van der Waals surface area contributed by atoms with Crippen molar-refractivity contribution in [3.8, 4) is 0 Å². The van der Waals surface area contributed by atoms with Gasteiger partial charge in [0.1, 0.15) is 17.9 Å². The fourth-order valence-electron chi connectivity index (χ4n) is 2.87. The minimum absolute atomic E-state index is 0.0421. The lowest BCUT2D eigenvalue weighted by Gasteiger charge is -2.28. The molecule has 0 fully saturated rings. The Morgan fingerprint density at radius 1 is 1.12 bits per heavy atom. The van der Waals surface area contributed by atoms with Crippen LogP contribution in [-0.4, -0.2) is 34.6 Å². The summed E-state index contributed by atoms with van der Waals surface area (Å²) in [7, 11) is 0. The lowest BCUT2D eigenvalue weighted by Crippen LogP contribution is -2.46. The van der Waals surface area contributed by atoms with Gasteiger partial charge in [0.2, 0.25) is 5.91 Å². The van der Waals surface area contributed by atoms with Crippen molar-refractivity contribution in [3.63, 3.8) is 0 Å². The molecule has 1 aliphatic heterocycles. The molecule has 0 saturated heterocycles. The highest BCUT2D eigenvalue weighted by Gasteiger charge is 2.41. The van der Waals surface area contributed by atoms with Crippen molar-refractivity contribution in [2.45, 2.75) is 26.4 Å². The third kappa shape index (κ3) is 3.60. The number of amides is 2. The van der Waals surface area contributed by atoms with Crippen LogP contribution in [0.2, 0.25) is 0 Å². The Labute approximate surface area is 147 Å². The molecule has 0 radical (unpaired) electrons. The number of anilines is 1. The van der Waals surface area contributed by atoms with Crippen molar-refractivity contribution < 1.29 is 9.59 Å². The quantitative estimate of drug-likeness (QED) is 0.933. The van der Waals surface area contributed by atoms with Crippen LogP contribution in [-0.2, 0) is 9.59 Å². The lowest BCUT2D eigenvalue weighted by molar-refractivity contribution is -0.131. The molecular weight excluding hydrogens is 314 g/mol. The molecule has 2 aromatic rings. The van der Waals surface area contributed by atoms with E-state index in [1.807, 2.05) is 75.4 Å². The number of aliphatic imine (C=N–C) groups is 1. The van der Waals surface area contributed by atoms with Crippen LogP contribution in [0.25, 0.3) is 0 Å². The molecule has 1 heterocycles. The Bertz CT molecular complexity index is 841. The Hall–Kier alpha value is -2.95. The van der Waals surface area contributed by atoms with Crippen LogP contribution < -0.4 is 5.32 Å². The van der Waals surface area contributed by atoms with Gasteiger partial charge in [0.25, 0.3) is 5.91 Å². The highest BCUT2D eigenvalue weighted by molar-refractivity contribution is 6.47. The van der Waals surface area contributed by atoms with E-state index >= 15 is 0 Å². The normalized spacial score (nSPS) is 15.9. The first-order valence-corrected chi connectivity index (χ1v) is 8.20. The average molecular weight is 335 g/mol. The minimum atomic E-state index is -0.758. The SMILES string of the molecule is Cc1cccc(NC(=O)CN2C(=O)C(c3ccccc3)=NC2(C)C)c1. The highest BCUT2D eigenvalue weighted by Crippen LogP contribution is 2.26. The summed E-state index contributed by atoms with van der Waals surface area (Å²) in [6, 6.07) is 16.9. The zero-order chi connectivity index (χ0) is 18.0. The first-order valence-electron chi connectivity index (χ1n) is 8.20. The van der Waals surface area contributed by atoms with E-state index in [9.17, 15) is 9.59 Å². The third-order valence-electron chi connectivity index (χ3n) is 4.14. The van der Waals surface area contributed by atoms with Gasteiger partial charge in [-0.25, -0.2) is 0 Å². The number of nitrogens with zero attached hydrogens (tertiary/aromatic N) is 2. The number of carbonyl (C=O) groups excluding carboxylic acids is 2. The summed E-state index contributed by atoms with van der Waals surface area (Å²) in [6.07, 6.45) is 0. The van der Waals surface area contributed by atoms with E-state index in [0.717, 1.165) is 16.8 Å². The zero-order valence-corrected chi connectivity index (χ0v) is 14.6. The van der Waals surface area contributed by atoms with Gasteiger partial charge in [0.15, 0.2) is 0 Å². The second kappa shape index (κ2) is 6.51. The van der Waals surface area contributed by atoms with Gasteiger partial charge < -0.3 is 10.2 Å². The number of hydrogen-bond acceptors (Lipinski definition) is 3. The van der Waals surface area contributed by atoms with Crippen LogP contribution in [0.4, 0.5) is 5.69 Å². The maximum Gasteiger partial charge on any atom is 0.275 e. The van der Waals surface area contributed by atoms with Gasteiger partial charge in [-0.2, -0.15) is 0 Å². The van der Waals surface area contributed by atoms with Gasteiger partial charge in [0.05, 0.1) is 0 Å². The predicted molar refractivity (Wildman–Crippen MR) is 98.6 cm³/mol. The van der Waals surface area contributed by atoms with Crippen molar-refractivity contribution in [2.75, 3.05) is 11.9 Å². The molecule has 0 bridgehead atoms. The molecule has 5 heteroatoms. The Morgan fingerprint density at radius 2 is 1.84 bits per heavy atom. The summed E-state index contributed by atoms with van der Waals surface area (Å²) < 4.78 is 0. The summed E-state index contributed by atoms with van der Waals surface area (Å²) >= 11 is 0. The zero-order valence-electron chi connectivity index (χ0n) is 14.6. The first kappa shape index (κ1) is 16.9. The van der Waals surface area contributed by atoms with Crippen LogP contribution in [0.5, 0.6) is 0 Å². The van der Waals surface area contributed by atoms with Gasteiger partial charge in [-0.3, -0.25) is 14.6 Å². The molecule has 25 heavy (non-hydrogen) atoms. The van der Waals surface area contributed by atoms with Crippen molar-refractivity contribution in [3.05, 3.63) is 65.7 Å². The lowest BCUT2D eigenvalue weighted by atomic mass is 10.1. The molecule has 0 saturated carbocycles. The maximum absolute atomic E-state index is 12.8. The van der Waals surface area contributed by atoms with Gasteiger partial charge >= 0.3 is 0 Å². The van der Waals surface area contributed by atoms with E-state index in [2.05, 4.69) is 10.3 Å². The summed E-state index contributed by atoms with van der Waals surface area (Å²) in [6.45, 7) is 5.59. The fraction of sp³-hybridized carbons (Fsp3) is 0.250. The Morgan fingerprint density at radius 3 is 2.52 bits per heavy atom. The summed E-state index contributed by atoms with van der Waals surface area (Å²) in [4.78, 5) is 31.2. The monoisotopic (exact) mass is 335 g/mol. The average Bonchev–Trinajstić information content (AvgIpc) is 2.79. The molecule has 0 aromatic heterocycles. The van der Waals surface area contributed by atoms with Crippen molar-refractivity contribution in [1.82, 2.24) is 4.90 Å². The Balaban J connectivity index is 1.75. The van der Waals surface area contributed by atoms with Crippen molar-refractivity contribution >= 4 is 23.2 Å². The minimum Gasteiger partial charge on any atom is -0.325 e. The molecule has 2 amide bonds. The van der Waals surface area contributed by atoms with Gasteiger partial charge in [-0.1, -0.05) is 42.5 Å². The standard InChI is InChI=1S/C20H21N3O2/c1-14-8-7-11-16(12-14)21-17(24)13-23-19(25)18(22-20(23,2)3)15-9-5-4-6-10-15/h4-12H,13H2,1-3H3,(H,21,24). The molecule has 128 valence electrons. The van der Waals surface area contributed by atoms with Crippen LogP contribution in [0.3, 0.4) is 0 Å². The second-order valence-corrected chi connectivity index (χ2v) is 6.63. The predicted octanol–water partition coefficient (Wildman–Crippen LogP) is 3.00. The van der Waals surface area contributed by atoms with E-state index in [-0.39, 0.29) is 18.4 Å². The topological polar surface area (TPSA) is 61.8 Å². The smallest absolute Gasteiger partial charge is 0.275 e. The molecule has 3 rings (SSSR count). The second-order valence-electron chi connectivity index (χ2n) is 6.63. The Kier molecular flexibility index (Phi) is 4.40.